The van der Waals surface area contributed by atoms with Gasteiger partial charge in [0.25, 0.3) is 0 Å². The lowest BCUT2D eigenvalue weighted by atomic mass is 10.2. The van der Waals surface area contributed by atoms with Crippen LogP contribution in [0.1, 0.15) is 26.7 Å². The van der Waals surface area contributed by atoms with Crippen LogP contribution in [0, 0.1) is 0 Å². The lowest BCUT2D eigenvalue weighted by Crippen LogP contribution is -2.50. The minimum absolute atomic E-state index is 0.0412. The van der Waals surface area contributed by atoms with Crippen LogP contribution in [0.15, 0.2) is 29.2 Å². The molecule has 2 amide bonds. The number of anilines is 1. The second-order valence-corrected chi connectivity index (χ2v) is 8.15. The summed E-state index contributed by atoms with van der Waals surface area (Å²) < 4.78 is 27.5. The van der Waals surface area contributed by atoms with Crippen LogP contribution in [-0.2, 0) is 19.6 Å². The smallest absolute Gasteiger partial charge is 0.241 e. The third-order valence-electron chi connectivity index (χ3n) is 4.29. The van der Waals surface area contributed by atoms with Crippen molar-refractivity contribution < 1.29 is 18.0 Å². The Morgan fingerprint density at radius 1 is 1.27 bits per heavy atom. The van der Waals surface area contributed by atoms with Crippen LogP contribution >= 0.6 is 0 Å². The van der Waals surface area contributed by atoms with E-state index in [1.807, 2.05) is 7.05 Å². The maximum Gasteiger partial charge on any atom is 0.241 e. The third kappa shape index (κ3) is 5.03. The first kappa shape index (κ1) is 20.3. The molecule has 0 aromatic heterocycles. The number of likely N-dealkylation sites (tertiary alicyclic amines) is 1. The van der Waals surface area contributed by atoms with Gasteiger partial charge in [-0.2, -0.15) is 4.72 Å². The third-order valence-corrected chi connectivity index (χ3v) is 5.84. The van der Waals surface area contributed by atoms with Gasteiger partial charge in [-0.1, -0.05) is 0 Å². The first-order chi connectivity index (χ1) is 12.2. The predicted molar refractivity (Wildman–Crippen MR) is 99.2 cm³/mol. The maximum atomic E-state index is 12.6. The highest BCUT2D eigenvalue weighted by atomic mass is 32.2. The van der Waals surface area contributed by atoms with Gasteiger partial charge in [0, 0.05) is 31.7 Å². The van der Waals surface area contributed by atoms with Gasteiger partial charge in [-0.15, -0.1) is 0 Å². The number of carbonyl (C=O) groups excluding carboxylic acids is 2. The predicted octanol–water partition coefficient (Wildman–Crippen LogP) is 0.522. The Bertz CT molecular complexity index is 749. The molecule has 2 unspecified atom stereocenters. The molecule has 0 radical (unpaired) electrons. The number of nitrogens with one attached hydrogen (secondary N) is 3. The summed E-state index contributed by atoms with van der Waals surface area (Å²) in [6.45, 7) is 4.26. The molecular formula is C17H26N4O4S. The van der Waals surface area contributed by atoms with Gasteiger partial charge >= 0.3 is 0 Å². The van der Waals surface area contributed by atoms with E-state index in [2.05, 4.69) is 15.4 Å². The van der Waals surface area contributed by atoms with Crippen molar-refractivity contribution in [3.8, 4) is 0 Å². The molecule has 144 valence electrons. The van der Waals surface area contributed by atoms with Crippen LogP contribution in [0.3, 0.4) is 0 Å². The minimum Gasteiger partial charge on any atom is -0.337 e. The first-order valence-electron chi connectivity index (χ1n) is 8.59. The molecule has 2 rings (SSSR count). The van der Waals surface area contributed by atoms with Gasteiger partial charge in [-0.05, 0) is 51.1 Å². The number of nitrogens with zero attached hydrogens (tertiary/aromatic N) is 1. The van der Waals surface area contributed by atoms with Crippen molar-refractivity contribution in [1.82, 2.24) is 14.9 Å². The number of hydrogen-bond acceptors (Lipinski definition) is 5. The summed E-state index contributed by atoms with van der Waals surface area (Å²) in [6.07, 6.45) is 1.83. The van der Waals surface area contributed by atoms with E-state index in [-0.39, 0.29) is 22.8 Å². The van der Waals surface area contributed by atoms with E-state index in [1.165, 1.54) is 31.2 Å². The van der Waals surface area contributed by atoms with Crippen LogP contribution in [0.4, 0.5) is 5.69 Å². The van der Waals surface area contributed by atoms with E-state index < -0.39 is 16.1 Å². The number of amides is 2. The van der Waals surface area contributed by atoms with E-state index in [9.17, 15) is 18.0 Å². The fourth-order valence-electron chi connectivity index (χ4n) is 3.09. The fourth-order valence-corrected chi connectivity index (χ4v) is 4.29. The summed E-state index contributed by atoms with van der Waals surface area (Å²) in [5.41, 5.74) is 0.507. The average Bonchev–Trinajstić information content (AvgIpc) is 3.02. The Morgan fingerprint density at radius 3 is 2.50 bits per heavy atom. The van der Waals surface area contributed by atoms with E-state index in [1.54, 1.807) is 11.8 Å². The lowest BCUT2D eigenvalue weighted by Gasteiger charge is -2.27. The molecule has 9 heteroatoms. The standard InChI is InChI=1S/C17H26N4O4S/c1-12(17(23)21-10-4-5-15(21)11-18-3)20-26(24,25)16-8-6-14(7-9-16)19-13(2)22/h6-9,12,15,18,20H,4-5,10-11H2,1-3H3,(H,19,22). The van der Waals surface area contributed by atoms with Crippen molar-refractivity contribution in [3.63, 3.8) is 0 Å². The van der Waals surface area contributed by atoms with Crippen molar-refractivity contribution in [1.29, 1.82) is 0 Å². The number of likely N-dealkylation sites (N-methyl/N-ethyl adjacent to an activating group) is 1. The van der Waals surface area contributed by atoms with Crippen molar-refractivity contribution in [2.75, 3.05) is 25.5 Å². The summed E-state index contributed by atoms with van der Waals surface area (Å²) in [5.74, 6) is -0.458. The summed E-state index contributed by atoms with van der Waals surface area (Å²) in [5, 5.41) is 5.64. The number of carbonyl (C=O) groups is 2. The lowest BCUT2D eigenvalue weighted by molar-refractivity contribution is -0.133. The zero-order valence-electron chi connectivity index (χ0n) is 15.3. The molecule has 0 aliphatic carbocycles. The Hall–Kier alpha value is -1.97. The van der Waals surface area contributed by atoms with Crippen LogP contribution < -0.4 is 15.4 Å². The Balaban J connectivity index is 2.05. The molecular weight excluding hydrogens is 356 g/mol. The van der Waals surface area contributed by atoms with Crippen LogP contribution in [0.5, 0.6) is 0 Å². The van der Waals surface area contributed by atoms with E-state index in [0.29, 0.717) is 18.8 Å². The summed E-state index contributed by atoms with van der Waals surface area (Å²) in [4.78, 5) is 25.4. The molecule has 1 aliphatic rings. The molecule has 1 heterocycles. The minimum atomic E-state index is -3.83. The van der Waals surface area contributed by atoms with Crippen LogP contribution in [-0.4, -0.2) is 57.4 Å². The van der Waals surface area contributed by atoms with Gasteiger partial charge in [0.1, 0.15) is 0 Å². The molecule has 8 nitrogen and oxygen atoms in total. The first-order valence-corrected chi connectivity index (χ1v) is 10.1. The van der Waals surface area contributed by atoms with E-state index >= 15 is 0 Å². The van der Waals surface area contributed by atoms with Crippen molar-refractivity contribution in [3.05, 3.63) is 24.3 Å². The van der Waals surface area contributed by atoms with Crippen LogP contribution in [0.25, 0.3) is 0 Å². The highest BCUT2D eigenvalue weighted by Crippen LogP contribution is 2.19. The summed E-state index contributed by atoms with van der Waals surface area (Å²) in [6, 6.07) is 5.04. The fraction of sp³-hybridized carbons (Fsp3) is 0.529. The van der Waals surface area contributed by atoms with Crippen molar-refractivity contribution in [2.24, 2.45) is 0 Å². The molecule has 1 aromatic carbocycles. The molecule has 26 heavy (non-hydrogen) atoms. The molecule has 1 saturated heterocycles. The highest BCUT2D eigenvalue weighted by Gasteiger charge is 2.32. The number of hydrogen-bond donors (Lipinski definition) is 3. The Labute approximate surface area is 154 Å². The van der Waals surface area contributed by atoms with E-state index in [0.717, 1.165) is 12.8 Å². The van der Waals surface area contributed by atoms with Gasteiger partial charge in [-0.25, -0.2) is 8.42 Å². The molecule has 0 spiro atoms. The topological polar surface area (TPSA) is 108 Å². The van der Waals surface area contributed by atoms with E-state index in [4.69, 9.17) is 0 Å². The van der Waals surface area contributed by atoms with Gasteiger partial charge in [0.15, 0.2) is 0 Å². The molecule has 1 fully saturated rings. The molecule has 2 atom stereocenters. The number of benzene rings is 1. The second-order valence-electron chi connectivity index (χ2n) is 6.43. The molecule has 0 bridgehead atoms. The Kier molecular flexibility index (Phi) is 6.74. The number of sulfonamides is 1. The quantitative estimate of drug-likeness (QED) is 0.637. The SMILES string of the molecule is CNCC1CCCN1C(=O)C(C)NS(=O)(=O)c1ccc(NC(C)=O)cc1. The largest absolute Gasteiger partial charge is 0.337 e. The molecule has 1 aromatic rings. The second kappa shape index (κ2) is 8.61. The van der Waals surface area contributed by atoms with Crippen molar-refractivity contribution >= 4 is 27.5 Å². The zero-order valence-corrected chi connectivity index (χ0v) is 16.1. The Morgan fingerprint density at radius 2 is 1.92 bits per heavy atom. The van der Waals surface area contributed by atoms with Crippen molar-refractivity contribution in [2.45, 2.75) is 43.7 Å². The molecule has 1 aliphatic heterocycles. The highest BCUT2D eigenvalue weighted by molar-refractivity contribution is 7.89. The molecule has 0 saturated carbocycles. The summed E-state index contributed by atoms with van der Waals surface area (Å²) >= 11 is 0. The van der Waals surface area contributed by atoms with Gasteiger partial charge in [-0.3, -0.25) is 9.59 Å². The zero-order chi connectivity index (χ0) is 19.3. The normalized spacial score (nSPS) is 18.6. The summed E-state index contributed by atoms with van der Waals surface area (Å²) in [7, 11) is -2.00. The van der Waals surface area contributed by atoms with Gasteiger partial charge in [0.05, 0.1) is 10.9 Å². The average molecular weight is 382 g/mol. The number of rotatable bonds is 7. The van der Waals surface area contributed by atoms with Gasteiger partial charge in [0.2, 0.25) is 21.8 Å². The van der Waals surface area contributed by atoms with Gasteiger partial charge < -0.3 is 15.5 Å². The monoisotopic (exact) mass is 382 g/mol. The maximum absolute atomic E-state index is 12.6. The molecule has 3 N–H and O–H groups in total. The van der Waals surface area contributed by atoms with Crippen LogP contribution in [0.2, 0.25) is 0 Å².